The van der Waals surface area contributed by atoms with Gasteiger partial charge in [0.25, 0.3) is 0 Å². The SMILES string of the molecule is COc1cccc(C(=O)C(C)(C)c2ccc(F)cc2)c1. The summed E-state index contributed by atoms with van der Waals surface area (Å²) in [7, 11) is 1.56. The van der Waals surface area contributed by atoms with Gasteiger partial charge < -0.3 is 4.74 Å². The van der Waals surface area contributed by atoms with E-state index < -0.39 is 5.41 Å². The molecule has 0 aromatic heterocycles. The highest BCUT2D eigenvalue weighted by molar-refractivity contribution is 6.03. The van der Waals surface area contributed by atoms with E-state index in [1.807, 2.05) is 13.8 Å². The molecule has 0 amide bonds. The summed E-state index contributed by atoms with van der Waals surface area (Å²) in [4.78, 5) is 12.7. The Balaban J connectivity index is 2.37. The number of hydrogen-bond donors (Lipinski definition) is 0. The Bertz CT molecular complexity index is 615. The summed E-state index contributed by atoms with van der Waals surface area (Å²) in [6.45, 7) is 3.67. The number of benzene rings is 2. The zero-order valence-corrected chi connectivity index (χ0v) is 11.8. The highest BCUT2D eigenvalue weighted by atomic mass is 19.1. The summed E-state index contributed by atoms with van der Waals surface area (Å²) in [6.07, 6.45) is 0. The van der Waals surface area contributed by atoms with Crippen molar-refractivity contribution in [1.29, 1.82) is 0 Å². The van der Waals surface area contributed by atoms with Crippen LogP contribution in [0.2, 0.25) is 0 Å². The van der Waals surface area contributed by atoms with Crippen LogP contribution in [0.15, 0.2) is 48.5 Å². The predicted molar refractivity (Wildman–Crippen MR) is 76.8 cm³/mol. The molecule has 2 nitrogen and oxygen atoms in total. The van der Waals surface area contributed by atoms with E-state index >= 15 is 0 Å². The molecule has 3 heteroatoms. The van der Waals surface area contributed by atoms with Crippen LogP contribution in [-0.2, 0) is 5.41 Å². The zero-order chi connectivity index (χ0) is 14.8. The highest BCUT2D eigenvalue weighted by Crippen LogP contribution is 2.29. The first-order valence-electron chi connectivity index (χ1n) is 6.40. The Labute approximate surface area is 118 Å². The number of carbonyl (C=O) groups excluding carboxylic acids is 1. The Kier molecular flexibility index (Phi) is 3.89. The lowest BCUT2D eigenvalue weighted by Crippen LogP contribution is -2.29. The molecule has 0 saturated carbocycles. The molecule has 0 saturated heterocycles. The number of halogens is 1. The van der Waals surface area contributed by atoms with Crippen LogP contribution in [0.4, 0.5) is 4.39 Å². The number of rotatable bonds is 4. The van der Waals surface area contributed by atoms with Crippen LogP contribution in [0.3, 0.4) is 0 Å². The topological polar surface area (TPSA) is 26.3 Å². The van der Waals surface area contributed by atoms with Crippen molar-refractivity contribution in [2.75, 3.05) is 7.11 Å². The molecule has 0 N–H and O–H groups in total. The molecule has 0 radical (unpaired) electrons. The predicted octanol–water partition coefficient (Wildman–Crippen LogP) is 3.99. The lowest BCUT2D eigenvalue weighted by molar-refractivity contribution is 0.0908. The number of ether oxygens (including phenoxy) is 1. The number of methoxy groups -OCH3 is 1. The quantitative estimate of drug-likeness (QED) is 0.786. The molecule has 0 aliphatic carbocycles. The summed E-state index contributed by atoms with van der Waals surface area (Å²) >= 11 is 0. The van der Waals surface area contributed by atoms with E-state index in [-0.39, 0.29) is 11.6 Å². The normalized spacial score (nSPS) is 11.2. The summed E-state index contributed by atoms with van der Waals surface area (Å²) in [5, 5.41) is 0. The minimum absolute atomic E-state index is 0.0250. The van der Waals surface area contributed by atoms with E-state index in [4.69, 9.17) is 4.74 Å². The number of Topliss-reactive ketones (excluding diaryl/α,β-unsaturated/α-hetero) is 1. The fourth-order valence-electron chi connectivity index (χ4n) is 2.12. The third-order valence-electron chi connectivity index (χ3n) is 3.47. The lowest BCUT2D eigenvalue weighted by atomic mass is 9.78. The van der Waals surface area contributed by atoms with Crippen LogP contribution in [0.25, 0.3) is 0 Å². The summed E-state index contributed by atoms with van der Waals surface area (Å²) < 4.78 is 18.1. The first kappa shape index (κ1) is 14.3. The van der Waals surface area contributed by atoms with Crippen LogP contribution in [0, 0.1) is 5.82 Å². The van der Waals surface area contributed by atoms with Crippen LogP contribution in [0.1, 0.15) is 29.8 Å². The van der Waals surface area contributed by atoms with Crippen molar-refractivity contribution in [2.45, 2.75) is 19.3 Å². The monoisotopic (exact) mass is 272 g/mol. The molecular formula is C17H17FO2. The number of carbonyl (C=O) groups is 1. The van der Waals surface area contributed by atoms with Crippen LogP contribution in [-0.4, -0.2) is 12.9 Å². The van der Waals surface area contributed by atoms with E-state index in [1.54, 1.807) is 43.5 Å². The lowest BCUT2D eigenvalue weighted by Gasteiger charge is -2.24. The van der Waals surface area contributed by atoms with Gasteiger partial charge in [0.05, 0.1) is 12.5 Å². The molecule has 104 valence electrons. The van der Waals surface area contributed by atoms with E-state index in [1.165, 1.54) is 12.1 Å². The van der Waals surface area contributed by atoms with Crippen LogP contribution < -0.4 is 4.74 Å². The van der Waals surface area contributed by atoms with Crippen molar-refractivity contribution in [3.8, 4) is 5.75 Å². The van der Waals surface area contributed by atoms with Crippen molar-refractivity contribution in [2.24, 2.45) is 0 Å². The van der Waals surface area contributed by atoms with Gasteiger partial charge in [-0.2, -0.15) is 0 Å². The smallest absolute Gasteiger partial charge is 0.172 e. The summed E-state index contributed by atoms with van der Waals surface area (Å²) in [5.41, 5.74) is 0.644. The van der Waals surface area contributed by atoms with Crippen molar-refractivity contribution < 1.29 is 13.9 Å². The average molecular weight is 272 g/mol. The van der Waals surface area contributed by atoms with Gasteiger partial charge in [0, 0.05) is 5.56 Å². The van der Waals surface area contributed by atoms with Gasteiger partial charge in [0.1, 0.15) is 11.6 Å². The second-order valence-electron chi connectivity index (χ2n) is 5.19. The molecule has 0 fully saturated rings. The van der Waals surface area contributed by atoms with Gasteiger partial charge in [-0.3, -0.25) is 4.79 Å². The maximum absolute atomic E-state index is 13.0. The standard InChI is InChI=1S/C17H17FO2/c1-17(2,13-7-9-14(18)10-8-13)16(19)12-5-4-6-15(11-12)20-3/h4-11H,1-3H3. The van der Waals surface area contributed by atoms with Crippen molar-refractivity contribution in [1.82, 2.24) is 0 Å². The maximum Gasteiger partial charge on any atom is 0.172 e. The first-order valence-corrected chi connectivity index (χ1v) is 6.40. The first-order chi connectivity index (χ1) is 9.45. The van der Waals surface area contributed by atoms with E-state index in [0.29, 0.717) is 11.3 Å². The van der Waals surface area contributed by atoms with Gasteiger partial charge in [0.15, 0.2) is 5.78 Å². The Morgan fingerprint density at radius 2 is 1.75 bits per heavy atom. The van der Waals surface area contributed by atoms with Gasteiger partial charge in [0.2, 0.25) is 0 Å². The summed E-state index contributed by atoms with van der Waals surface area (Å²) in [5.74, 6) is 0.312. The van der Waals surface area contributed by atoms with Crippen molar-refractivity contribution in [3.63, 3.8) is 0 Å². The molecule has 2 aromatic carbocycles. The molecule has 0 aliphatic heterocycles. The van der Waals surface area contributed by atoms with Gasteiger partial charge in [-0.05, 0) is 43.7 Å². The number of ketones is 1. The molecule has 0 atom stereocenters. The molecular weight excluding hydrogens is 255 g/mol. The van der Waals surface area contributed by atoms with Gasteiger partial charge in [-0.1, -0.05) is 24.3 Å². The highest BCUT2D eigenvalue weighted by Gasteiger charge is 2.30. The molecule has 0 heterocycles. The third kappa shape index (κ3) is 2.72. The minimum Gasteiger partial charge on any atom is -0.497 e. The van der Waals surface area contributed by atoms with Crippen LogP contribution in [0.5, 0.6) is 5.75 Å². The van der Waals surface area contributed by atoms with Crippen molar-refractivity contribution >= 4 is 5.78 Å². The Morgan fingerprint density at radius 3 is 2.35 bits per heavy atom. The fraction of sp³-hybridized carbons (Fsp3) is 0.235. The molecule has 2 rings (SSSR count). The van der Waals surface area contributed by atoms with Gasteiger partial charge in [-0.25, -0.2) is 4.39 Å². The maximum atomic E-state index is 13.0. The molecule has 0 unspecified atom stereocenters. The largest absolute Gasteiger partial charge is 0.497 e. The van der Waals surface area contributed by atoms with Crippen molar-refractivity contribution in [3.05, 3.63) is 65.5 Å². The third-order valence-corrected chi connectivity index (χ3v) is 3.47. The molecule has 2 aromatic rings. The second-order valence-corrected chi connectivity index (χ2v) is 5.19. The van der Waals surface area contributed by atoms with E-state index in [9.17, 15) is 9.18 Å². The minimum atomic E-state index is -0.722. The molecule has 0 aliphatic rings. The number of hydrogen-bond acceptors (Lipinski definition) is 2. The van der Waals surface area contributed by atoms with E-state index in [2.05, 4.69) is 0 Å². The van der Waals surface area contributed by atoms with Crippen LogP contribution >= 0.6 is 0 Å². The summed E-state index contributed by atoms with van der Waals surface area (Å²) in [6, 6.07) is 13.1. The van der Waals surface area contributed by atoms with E-state index in [0.717, 1.165) is 5.56 Å². The zero-order valence-electron chi connectivity index (χ0n) is 11.8. The fourth-order valence-corrected chi connectivity index (χ4v) is 2.12. The second kappa shape index (κ2) is 5.45. The Hall–Kier alpha value is -2.16. The van der Waals surface area contributed by atoms with Gasteiger partial charge in [-0.15, -0.1) is 0 Å². The molecule has 0 spiro atoms. The average Bonchev–Trinajstić information content (AvgIpc) is 2.47. The molecule has 0 bridgehead atoms. The Morgan fingerprint density at radius 1 is 1.10 bits per heavy atom. The van der Waals surface area contributed by atoms with Gasteiger partial charge >= 0.3 is 0 Å². The molecule has 20 heavy (non-hydrogen) atoms.